The second-order valence-electron chi connectivity index (χ2n) is 7.00. The van der Waals surface area contributed by atoms with E-state index < -0.39 is 6.04 Å². The summed E-state index contributed by atoms with van der Waals surface area (Å²) in [5.74, 6) is -0.170. The fourth-order valence-electron chi connectivity index (χ4n) is 3.21. The van der Waals surface area contributed by atoms with E-state index in [-0.39, 0.29) is 23.4 Å². The van der Waals surface area contributed by atoms with E-state index in [1.54, 1.807) is 29.0 Å². The minimum absolute atomic E-state index is 0.0465. The number of hydrogen-bond acceptors (Lipinski definition) is 2. The summed E-state index contributed by atoms with van der Waals surface area (Å²) >= 11 is 3.33. The molecule has 1 saturated heterocycles. The van der Waals surface area contributed by atoms with Crippen LogP contribution < -0.4 is 0 Å². The van der Waals surface area contributed by atoms with Crippen molar-refractivity contribution in [3.8, 4) is 0 Å². The first kappa shape index (κ1) is 17.7. The summed E-state index contributed by atoms with van der Waals surface area (Å²) < 4.78 is 0.713. The molecule has 124 valence electrons. The molecule has 0 bridgehead atoms. The number of amides is 2. The van der Waals surface area contributed by atoms with Crippen LogP contribution in [0.4, 0.5) is 0 Å². The Bertz CT molecular complexity index is 622. The first-order chi connectivity index (χ1) is 10.6. The van der Waals surface area contributed by atoms with Crippen molar-refractivity contribution in [2.75, 3.05) is 7.05 Å². The smallest absolute Gasteiger partial charge is 0.256 e. The van der Waals surface area contributed by atoms with Gasteiger partial charge in [0.1, 0.15) is 12.2 Å². The van der Waals surface area contributed by atoms with E-state index in [0.717, 1.165) is 0 Å². The summed E-state index contributed by atoms with van der Waals surface area (Å²) in [6.45, 7) is 9.96. The van der Waals surface area contributed by atoms with Crippen LogP contribution in [0, 0.1) is 5.41 Å². The molecule has 5 heteroatoms. The lowest BCUT2D eigenvalue weighted by Gasteiger charge is -2.39. The van der Waals surface area contributed by atoms with Gasteiger partial charge in [0.25, 0.3) is 5.91 Å². The maximum absolute atomic E-state index is 13.1. The second kappa shape index (κ2) is 6.48. The Morgan fingerprint density at radius 2 is 1.83 bits per heavy atom. The molecule has 0 saturated carbocycles. The van der Waals surface area contributed by atoms with Crippen LogP contribution >= 0.6 is 15.9 Å². The van der Waals surface area contributed by atoms with Gasteiger partial charge in [-0.2, -0.15) is 0 Å². The van der Waals surface area contributed by atoms with E-state index in [2.05, 4.69) is 22.5 Å². The highest BCUT2D eigenvalue weighted by atomic mass is 79.9. The van der Waals surface area contributed by atoms with Gasteiger partial charge in [-0.15, -0.1) is 0 Å². The predicted molar refractivity (Wildman–Crippen MR) is 95.1 cm³/mol. The Labute approximate surface area is 146 Å². The van der Waals surface area contributed by atoms with Crippen LogP contribution in [0.2, 0.25) is 0 Å². The molecular formula is C18H23BrN2O2. The van der Waals surface area contributed by atoms with E-state index >= 15 is 0 Å². The van der Waals surface area contributed by atoms with Gasteiger partial charge in [0.05, 0.1) is 0 Å². The number of halogens is 1. The largest absolute Gasteiger partial charge is 0.323 e. The van der Waals surface area contributed by atoms with Crippen molar-refractivity contribution >= 4 is 27.7 Å². The molecular weight excluding hydrogens is 356 g/mol. The summed E-state index contributed by atoms with van der Waals surface area (Å²) in [6, 6.07) is 8.58. The third kappa shape index (κ3) is 3.50. The number of nitrogens with zero attached hydrogens (tertiary/aromatic N) is 2. The van der Waals surface area contributed by atoms with Crippen molar-refractivity contribution in [3.63, 3.8) is 0 Å². The minimum atomic E-state index is -0.524. The number of benzene rings is 1. The van der Waals surface area contributed by atoms with Crippen molar-refractivity contribution in [3.05, 3.63) is 47.0 Å². The van der Waals surface area contributed by atoms with Gasteiger partial charge < -0.3 is 9.80 Å². The number of carbonyl (C=O) groups is 2. The molecule has 1 heterocycles. The molecule has 1 aliphatic heterocycles. The quantitative estimate of drug-likeness (QED) is 0.805. The normalized spacial score (nSPS) is 21.7. The zero-order chi connectivity index (χ0) is 17.4. The highest BCUT2D eigenvalue weighted by molar-refractivity contribution is 9.11. The van der Waals surface area contributed by atoms with Gasteiger partial charge in [-0.3, -0.25) is 9.59 Å². The van der Waals surface area contributed by atoms with Gasteiger partial charge in [0.15, 0.2) is 0 Å². The molecule has 0 N–H and O–H groups in total. The fourth-order valence-corrected chi connectivity index (χ4v) is 3.51. The van der Waals surface area contributed by atoms with Gasteiger partial charge in [-0.05, 0) is 16.6 Å². The minimum Gasteiger partial charge on any atom is -0.323 e. The van der Waals surface area contributed by atoms with Crippen molar-refractivity contribution in [1.29, 1.82) is 0 Å². The zero-order valence-corrected chi connectivity index (χ0v) is 15.6. The molecule has 2 atom stereocenters. The highest BCUT2D eigenvalue weighted by Gasteiger charge is 2.51. The molecule has 1 aliphatic rings. The summed E-state index contributed by atoms with van der Waals surface area (Å²) in [5, 5.41) is 0. The van der Waals surface area contributed by atoms with Crippen molar-refractivity contribution in [2.24, 2.45) is 5.41 Å². The summed E-state index contributed by atoms with van der Waals surface area (Å²) in [5.41, 5.74) is 0.340. The maximum atomic E-state index is 13.1. The first-order valence-electron chi connectivity index (χ1n) is 7.62. The highest BCUT2D eigenvalue weighted by Crippen LogP contribution is 2.37. The van der Waals surface area contributed by atoms with E-state index in [1.807, 2.05) is 39.0 Å². The SMILES string of the molecule is C=C(Br)C[C@@H]1C(=O)N(C)[C@@H](C(C)(C)C)N1C(=O)c1ccccc1. The topological polar surface area (TPSA) is 40.6 Å². The van der Waals surface area contributed by atoms with Gasteiger partial charge in [0, 0.05) is 24.4 Å². The maximum Gasteiger partial charge on any atom is 0.256 e. The lowest BCUT2D eigenvalue weighted by atomic mass is 9.90. The van der Waals surface area contributed by atoms with E-state index in [4.69, 9.17) is 0 Å². The molecule has 1 aromatic carbocycles. The van der Waals surface area contributed by atoms with Crippen LogP contribution in [0.3, 0.4) is 0 Å². The molecule has 1 fully saturated rings. The monoisotopic (exact) mass is 378 g/mol. The molecule has 0 aromatic heterocycles. The Hall–Kier alpha value is -1.62. The molecule has 4 nitrogen and oxygen atoms in total. The van der Waals surface area contributed by atoms with Crippen LogP contribution in [0.25, 0.3) is 0 Å². The second-order valence-corrected chi connectivity index (χ2v) is 8.13. The Morgan fingerprint density at radius 1 is 1.26 bits per heavy atom. The van der Waals surface area contributed by atoms with Crippen molar-refractivity contribution in [1.82, 2.24) is 9.80 Å². The Balaban J connectivity index is 2.48. The van der Waals surface area contributed by atoms with E-state index in [1.165, 1.54) is 0 Å². The third-order valence-corrected chi connectivity index (χ3v) is 4.37. The zero-order valence-electron chi connectivity index (χ0n) is 14.0. The molecule has 2 rings (SSSR count). The lowest BCUT2D eigenvalue weighted by Crippen LogP contribution is -2.50. The van der Waals surface area contributed by atoms with Gasteiger partial charge in [-0.25, -0.2) is 0 Å². The molecule has 2 amide bonds. The number of rotatable bonds is 3. The third-order valence-electron chi connectivity index (χ3n) is 4.04. The molecule has 0 aliphatic carbocycles. The molecule has 1 aromatic rings. The standard InChI is InChI=1S/C18H23BrN2O2/c1-12(19)11-14-16(23)20(5)17(18(2,3)4)21(14)15(22)13-9-7-6-8-10-13/h6-10,14,17H,1,11H2,2-5H3/t14-,17-/m1/s1. The van der Waals surface area contributed by atoms with Gasteiger partial charge in [-0.1, -0.05) is 61.5 Å². The molecule has 0 spiro atoms. The molecule has 0 unspecified atom stereocenters. The average molecular weight is 379 g/mol. The lowest BCUT2D eigenvalue weighted by molar-refractivity contribution is -0.129. The van der Waals surface area contributed by atoms with Gasteiger partial charge >= 0.3 is 0 Å². The average Bonchev–Trinajstić information content (AvgIpc) is 2.71. The number of carbonyl (C=O) groups excluding carboxylic acids is 2. The van der Waals surface area contributed by atoms with Crippen LogP contribution in [-0.4, -0.2) is 40.9 Å². The van der Waals surface area contributed by atoms with Gasteiger partial charge in [0.2, 0.25) is 5.91 Å². The predicted octanol–water partition coefficient (Wildman–Crippen LogP) is 3.64. The van der Waals surface area contributed by atoms with Crippen LogP contribution in [0.5, 0.6) is 0 Å². The van der Waals surface area contributed by atoms with Crippen LogP contribution in [-0.2, 0) is 4.79 Å². The summed E-state index contributed by atoms with van der Waals surface area (Å²) in [6.07, 6.45) is 0.119. The van der Waals surface area contributed by atoms with E-state index in [9.17, 15) is 9.59 Å². The first-order valence-corrected chi connectivity index (χ1v) is 8.41. The Kier molecular flexibility index (Phi) is 4.99. The van der Waals surface area contributed by atoms with Crippen LogP contribution in [0.15, 0.2) is 41.4 Å². The molecule has 0 radical (unpaired) electrons. The molecule has 23 heavy (non-hydrogen) atoms. The fraction of sp³-hybridized carbons (Fsp3) is 0.444. The number of likely N-dealkylation sites (N-methyl/N-ethyl adjacent to an activating group) is 1. The van der Waals surface area contributed by atoms with Crippen LogP contribution in [0.1, 0.15) is 37.6 Å². The number of hydrogen-bond donors (Lipinski definition) is 0. The van der Waals surface area contributed by atoms with E-state index in [0.29, 0.717) is 16.5 Å². The van der Waals surface area contributed by atoms with Crippen molar-refractivity contribution < 1.29 is 9.59 Å². The Morgan fingerprint density at radius 3 is 2.30 bits per heavy atom. The van der Waals surface area contributed by atoms with Crippen molar-refractivity contribution in [2.45, 2.75) is 39.4 Å². The summed E-state index contributed by atoms with van der Waals surface area (Å²) in [7, 11) is 1.76. The summed E-state index contributed by atoms with van der Waals surface area (Å²) in [4.78, 5) is 29.2.